The van der Waals surface area contributed by atoms with Crippen molar-refractivity contribution in [1.82, 2.24) is 19.1 Å². The molecule has 1 fully saturated rings. The summed E-state index contributed by atoms with van der Waals surface area (Å²) >= 11 is 0. The normalized spacial score (nSPS) is 14.5. The van der Waals surface area contributed by atoms with Crippen LogP contribution in [-0.2, 0) is 16.6 Å². The summed E-state index contributed by atoms with van der Waals surface area (Å²) < 4.78 is 70.4. The van der Waals surface area contributed by atoms with Gasteiger partial charge in [-0.2, -0.15) is 5.10 Å². The molecule has 0 saturated heterocycles. The Morgan fingerprint density at radius 1 is 1.06 bits per heavy atom. The van der Waals surface area contributed by atoms with Crippen LogP contribution in [0.2, 0.25) is 0 Å². The van der Waals surface area contributed by atoms with Gasteiger partial charge in [0.15, 0.2) is 0 Å². The van der Waals surface area contributed by atoms with Crippen molar-refractivity contribution in [2.75, 3.05) is 6.54 Å². The van der Waals surface area contributed by atoms with Gasteiger partial charge < -0.3 is 4.74 Å². The fourth-order valence-electron chi connectivity index (χ4n) is 3.19. The van der Waals surface area contributed by atoms with Crippen LogP contribution in [0.3, 0.4) is 0 Å². The van der Waals surface area contributed by atoms with E-state index in [1.165, 1.54) is 9.25 Å². The number of alkyl halides is 3. The topological polar surface area (TPSA) is 95.2 Å². The Hall–Kier alpha value is -3.12. The third-order valence-corrected chi connectivity index (χ3v) is 6.28. The van der Waals surface area contributed by atoms with Crippen LogP contribution in [0, 0.1) is 0 Å². The lowest BCUT2D eigenvalue weighted by Gasteiger charge is -2.10. The lowest BCUT2D eigenvalue weighted by atomic mass is 10.3. The average molecular weight is 468 g/mol. The van der Waals surface area contributed by atoms with Crippen LogP contribution >= 0.6 is 0 Å². The van der Waals surface area contributed by atoms with Gasteiger partial charge in [-0.1, -0.05) is 18.2 Å². The molecule has 1 N–H and O–H groups in total. The van der Waals surface area contributed by atoms with E-state index in [2.05, 4.69) is 14.6 Å². The van der Waals surface area contributed by atoms with Crippen LogP contribution in [0.4, 0.5) is 13.2 Å². The maximum atomic E-state index is 12.9. The number of halogens is 3. The monoisotopic (exact) mass is 468 g/mol. The van der Waals surface area contributed by atoms with E-state index in [4.69, 9.17) is 0 Å². The summed E-state index contributed by atoms with van der Waals surface area (Å²) in [5.74, 6) is 0.310. The first-order chi connectivity index (χ1) is 15.1. The van der Waals surface area contributed by atoms with Gasteiger partial charge >= 0.3 is 12.1 Å². The maximum absolute atomic E-state index is 12.9. The number of nitrogens with one attached hydrogen (secondary N) is 1. The van der Waals surface area contributed by atoms with Gasteiger partial charge in [0.1, 0.15) is 11.6 Å². The quantitative estimate of drug-likeness (QED) is 0.549. The molecule has 2 aromatic carbocycles. The summed E-state index contributed by atoms with van der Waals surface area (Å²) in [5.41, 5.74) is 0.318. The largest absolute Gasteiger partial charge is 0.573 e. The van der Waals surface area contributed by atoms with Crippen LogP contribution in [-0.4, -0.2) is 35.7 Å². The molecule has 170 valence electrons. The minimum atomic E-state index is -4.87. The average Bonchev–Trinajstić information content (AvgIpc) is 3.52. The number of para-hydroxylation sites is 1. The first kappa shape index (κ1) is 22.1. The number of aromatic nitrogens is 3. The van der Waals surface area contributed by atoms with Crippen molar-refractivity contribution < 1.29 is 26.3 Å². The molecular weight excluding hydrogens is 449 g/mol. The number of hydrogen-bond acceptors (Lipinski definition) is 5. The van der Waals surface area contributed by atoms with Gasteiger partial charge in [-0.05, 0) is 49.2 Å². The zero-order valence-corrected chi connectivity index (χ0v) is 17.4. The standard InChI is InChI=1S/C20H19F3N4O4S/c21-20(22,23)31-16-8-10-17(11-9-16)32(29,30)24-12-13-26-19(28)27(15-4-2-1-3-5-15)18(25-26)14-6-7-14/h1-5,8-11,14,24H,6-7,12-13H2. The molecule has 1 aliphatic rings. The fourth-order valence-corrected chi connectivity index (χ4v) is 4.21. The Bertz CT molecular complexity index is 1250. The van der Waals surface area contributed by atoms with Crippen molar-refractivity contribution in [1.29, 1.82) is 0 Å². The number of hydrogen-bond donors (Lipinski definition) is 1. The lowest BCUT2D eigenvalue weighted by Crippen LogP contribution is -2.32. The molecule has 4 rings (SSSR count). The second-order valence-electron chi connectivity index (χ2n) is 7.23. The Kier molecular flexibility index (Phi) is 5.82. The molecule has 1 aliphatic carbocycles. The number of rotatable bonds is 8. The molecule has 3 aromatic rings. The van der Waals surface area contributed by atoms with Crippen LogP contribution in [0.5, 0.6) is 5.75 Å². The van der Waals surface area contributed by atoms with Gasteiger partial charge in [-0.25, -0.2) is 27.2 Å². The third-order valence-electron chi connectivity index (χ3n) is 4.80. The highest BCUT2D eigenvalue weighted by atomic mass is 32.2. The highest BCUT2D eigenvalue weighted by Crippen LogP contribution is 2.39. The summed E-state index contributed by atoms with van der Waals surface area (Å²) in [6.45, 7) is -0.133. The molecule has 0 bridgehead atoms. The van der Waals surface area contributed by atoms with Crippen molar-refractivity contribution in [3.63, 3.8) is 0 Å². The minimum Gasteiger partial charge on any atom is -0.406 e. The highest BCUT2D eigenvalue weighted by Gasteiger charge is 2.32. The van der Waals surface area contributed by atoms with E-state index in [-0.39, 0.29) is 29.6 Å². The molecule has 1 heterocycles. The summed E-state index contributed by atoms with van der Waals surface area (Å²) in [7, 11) is -4.00. The van der Waals surface area contributed by atoms with E-state index in [0.29, 0.717) is 11.5 Å². The number of benzene rings is 2. The molecule has 0 amide bonds. The van der Waals surface area contributed by atoms with Crippen LogP contribution in [0.25, 0.3) is 5.69 Å². The van der Waals surface area contributed by atoms with Crippen molar-refractivity contribution in [2.24, 2.45) is 0 Å². The van der Waals surface area contributed by atoms with E-state index in [1.54, 1.807) is 12.1 Å². The Morgan fingerprint density at radius 2 is 1.72 bits per heavy atom. The van der Waals surface area contributed by atoms with Gasteiger partial charge in [0.2, 0.25) is 10.0 Å². The molecule has 0 spiro atoms. The van der Waals surface area contributed by atoms with E-state index >= 15 is 0 Å². The van der Waals surface area contributed by atoms with Gasteiger partial charge in [-0.15, -0.1) is 13.2 Å². The molecule has 32 heavy (non-hydrogen) atoms. The van der Waals surface area contributed by atoms with Gasteiger partial charge in [0, 0.05) is 12.5 Å². The summed E-state index contributed by atoms with van der Waals surface area (Å²) in [4.78, 5) is 12.7. The third kappa shape index (κ3) is 5.02. The molecule has 1 aromatic heterocycles. The summed E-state index contributed by atoms with van der Waals surface area (Å²) in [6, 6.07) is 12.9. The molecule has 0 unspecified atom stereocenters. The zero-order chi connectivity index (χ0) is 22.9. The summed E-state index contributed by atoms with van der Waals surface area (Å²) in [5, 5.41) is 4.40. The van der Waals surface area contributed by atoms with E-state index < -0.39 is 22.1 Å². The molecular formula is C20H19F3N4O4S. The first-order valence-electron chi connectivity index (χ1n) is 9.75. The van der Waals surface area contributed by atoms with Crippen LogP contribution in [0.1, 0.15) is 24.6 Å². The van der Waals surface area contributed by atoms with Crippen molar-refractivity contribution in [3.8, 4) is 11.4 Å². The highest BCUT2D eigenvalue weighted by molar-refractivity contribution is 7.89. The van der Waals surface area contributed by atoms with E-state index in [9.17, 15) is 26.4 Å². The smallest absolute Gasteiger partial charge is 0.406 e. The fraction of sp³-hybridized carbons (Fsp3) is 0.300. The number of nitrogens with zero attached hydrogens (tertiary/aromatic N) is 3. The van der Waals surface area contributed by atoms with E-state index in [0.717, 1.165) is 37.1 Å². The molecule has 8 nitrogen and oxygen atoms in total. The SMILES string of the molecule is O=c1n(CCNS(=O)(=O)c2ccc(OC(F)(F)F)cc2)nc(C2CC2)n1-c1ccccc1. The van der Waals surface area contributed by atoms with Crippen LogP contribution in [0.15, 0.2) is 64.3 Å². The first-order valence-corrected chi connectivity index (χ1v) is 11.2. The molecule has 1 saturated carbocycles. The van der Waals surface area contributed by atoms with Crippen LogP contribution < -0.4 is 15.1 Å². The molecule has 0 radical (unpaired) electrons. The Morgan fingerprint density at radius 3 is 2.31 bits per heavy atom. The van der Waals surface area contributed by atoms with Crippen molar-refractivity contribution >= 4 is 10.0 Å². The number of sulfonamides is 1. The predicted molar refractivity (Wildman–Crippen MR) is 108 cm³/mol. The van der Waals surface area contributed by atoms with Gasteiger partial charge in [-0.3, -0.25) is 0 Å². The predicted octanol–water partition coefficient (Wildman–Crippen LogP) is 2.79. The van der Waals surface area contributed by atoms with Gasteiger partial charge in [0.25, 0.3) is 0 Å². The summed E-state index contributed by atoms with van der Waals surface area (Å²) in [6.07, 6.45) is -3.00. The number of ether oxygens (including phenoxy) is 1. The van der Waals surface area contributed by atoms with Crippen molar-refractivity contribution in [3.05, 3.63) is 70.9 Å². The minimum absolute atomic E-state index is 0.00706. The second-order valence-corrected chi connectivity index (χ2v) is 8.99. The Balaban J connectivity index is 1.46. The maximum Gasteiger partial charge on any atom is 0.573 e. The van der Waals surface area contributed by atoms with E-state index in [1.807, 2.05) is 18.2 Å². The lowest BCUT2D eigenvalue weighted by molar-refractivity contribution is -0.274. The molecule has 12 heteroatoms. The molecule has 0 atom stereocenters. The second kappa shape index (κ2) is 8.43. The Labute approximate surface area is 181 Å². The van der Waals surface area contributed by atoms with Crippen molar-refractivity contribution in [2.45, 2.75) is 36.6 Å². The van der Waals surface area contributed by atoms with Gasteiger partial charge in [0.05, 0.1) is 17.1 Å². The zero-order valence-electron chi connectivity index (χ0n) is 16.6. The molecule has 0 aliphatic heterocycles.